The highest BCUT2D eigenvalue weighted by atomic mass is 35.5. The van der Waals surface area contributed by atoms with Gasteiger partial charge in [0.05, 0.1) is 23.0 Å². The van der Waals surface area contributed by atoms with Crippen LogP contribution in [0.25, 0.3) is 10.9 Å². The lowest BCUT2D eigenvalue weighted by atomic mass is 10.1. The van der Waals surface area contributed by atoms with Gasteiger partial charge in [-0.25, -0.2) is 8.42 Å². The SMILES string of the molecule is N#Cc1cc(Cl)cc2cc(NS(=O)(=O)c3cccnc3)cnc12. The lowest BCUT2D eigenvalue weighted by Crippen LogP contribution is -2.13. The van der Waals surface area contributed by atoms with E-state index in [9.17, 15) is 8.42 Å². The number of nitrogens with one attached hydrogen (secondary N) is 1. The second kappa shape index (κ2) is 5.83. The fourth-order valence-corrected chi connectivity index (χ4v) is 3.30. The van der Waals surface area contributed by atoms with Crippen LogP contribution in [0, 0.1) is 11.3 Å². The third-order valence-electron chi connectivity index (χ3n) is 3.07. The molecule has 0 saturated carbocycles. The molecule has 1 aromatic carbocycles. The smallest absolute Gasteiger partial charge is 0.263 e. The van der Waals surface area contributed by atoms with Crippen molar-refractivity contribution >= 4 is 38.2 Å². The van der Waals surface area contributed by atoms with Gasteiger partial charge in [-0.05, 0) is 30.3 Å². The molecule has 2 heterocycles. The van der Waals surface area contributed by atoms with Gasteiger partial charge in [0.25, 0.3) is 10.0 Å². The van der Waals surface area contributed by atoms with Gasteiger partial charge < -0.3 is 0 Å². The molecule has 2 aromatic heterocycles. The van der Waals surface area contributed by atoms with Gasteiger partial charge in [0.2, 0.25) is 0 Å². The number of pyridine rings is 2. The molecule has 0 saturated heterocycles. The summed E-state index contributed by atoms with van der Waals surface area (Å²) in [4.78, 5) is 7.98. The first-order valence-electron chi connectivity index (χ1n) is 6.42. The highest BCUT2D eigenvalue weighted by Crippen LogP contribution is 2.25. The summed E-state index contributed by atoms with van der Waals surface area (Å²) < 4.78 is 27.0. The first-order valence-corrected chi connectivity index (χ1v) is 8.28. The van der Waals surface area contributed by atoms with Crippen LogP contribution in [0.5, 0.6) is 0 Å². The molecule has 1 N–H and O–H groups in total. The van der Waals surface area contributed by atoms with Crippen molar-refractivity contribution in [3.8, 4) is 6.07 Å². The van der Waals surface area contributed by atoms with Gasteiger partial charge in [0.15, 0.2) is 0 Å². The number of benzene rings is 1. The number of sulfonamides is 1. The molecule has 0 spiro atoms. The molecule has 23 heavy (non-hydrogen) atoms. The van der Waals surface area contributed by atoms with Crippen LogP contribution >= 0.6 is 11.6 Å². The average Bonchev–Trinajstić information content (AvgIpc) is 2.54. The van der Waals surface area contributed by atoms with E-state index in [2.05, 4.69) is 14.7 Å². The largest absolute Gasteiger partial charge is 0.278 e. The van der Waals surface area contributed by atoms with Crippen molar-refractivity contribution in [1.82, 2.24) is 9.97 Å². The second-order valence-corrected chi connectivity index (χ2v) is 6.77. The van der Waals surface area contributed by atoms with Crippen molar-refractivity contribution in [3.63, 3.8) is 0 Å². The summed E-state index contributed by atoms with van der Waals surface area (Å²) in [5, 5.41) is 10.0. The monoisotopic (exact) mass is 344 g/mol. The van der Waals surface area contributed by atoms with Crippen molar-refractivity contribution in [1.29, 1.82) is 5.26 Å². The Morgan fingerprint density at radius 1 is 1.22 bits per heavy atom. The molecule has 0 bridgehead atoms. The summed E-state index contributed by atoms with van der Waals surface area (Å²) in [6, 6.07) is 9.68. The summed E-state index contributed by atoms with van der Waals surface area (Å²) in [7, 11) is -3.76. The van der Waals surface area contributed by atoms with E-state index in [1.54, 1.807) is 12.1 Å². The maximum absolute atomic E-state index is 12.3. The Kier molecular flexibility index (Phi) is 3.86. The van der Waals surface area contributed by atoms with Crippen LogP contribution in [-0.2, 0) is 10.0 Å². The minimum Gasteiger partial charge on any atom is -0.278 e. The normalized spacial score (nSPS) is 11.1. The van der Waals surface area contributed by atoms with E-state index in [-0.39, 0.29) is 10.6 Å². The number of fused-ring (bicyclic) bond motifs is 1. The van der Waals surface area contributed by atoms with Crippen molar-refractivity contribution in [2.75, 3.05) is 4.72 Å². The standard InChI is InChI=1S/C15H9ClN4O2S/c16-12-4-10-6-13(8-19-15(10)11(5-12)7-17)20-23(21,22)14-2-1-3-18-9-14/h1-6,8-9,20H. The van der Waals surface area contributed by atoms with Crippen LogP contribution in [-0.4, -0.2) is 18.4 Å². The molecule has 6 nitrogen and oxygen atoms in total. The highest BCUT2D eigenvalue weighted by Gasteiger charge is 2.15. The van der Waals surface area contributed by atoms with Crippen LogP contribution in [0.3, 0.4) is 0 Å². The number of halogens is 1. The van der Waals surface area contributed by atoms with Crippen molar-refractivity contribution < 1.29 is 8.42 Å². The molecule has 3 aromatic rings. The van der Waals surface area contributed by atoms with Gasteiger partial charge in [-0.3, -0.25) is 14.7 Å². The maximum Gasteiger partial charge on any atom is 0.263 e. The molecule has 0 unspecified atom stereocenters. The van der Waals surface area contributed by atoms with E-state index in [1.165, 1.54) is 36.8 Å². The molecule has 0 atom stereocenters. The fraction of sp³-hybridized carbons (Fsp3) is 0. The van der Waals surface area contributed by atoms with Crippen LogP contribution in [0.1, 0.15) is 5.56 Å². The average molecular weight is 345 g/mol. The van der Waals surface area contributed by atoms with Gasteiger partial charge in [-0.1, -0.05) is 11.6 Å². The molecule has 0 aliphatic rings. The van der Waals surface area contributed by atoms with E-state index >= 15 is 0 Å². The molecule has 114 valence electrons. The molecular formula is C15H9ClN4O2S. The highest BCUT2D eigenvalue weighted by molar-refractivity contribution is 7.92. The molecule has 0 aliphatic heterocycles. The number of anilines is 1. The van der Waals surface area contributed by atoms with E-state index in [0.717, 1.165) is 0 Å². The molecule has 0 aliphatic carbocycles. The summed E-state index contributed by atoms with van der Waals surface area (Å²) in [6.45, 7) is 0. The topological polar surface area (TPSA) is 95.7 Å². The van der Waals surface area contributed by atoms with Gasteiger partial charge in [0.1, 0.15) is 11.0 Å². The first-order chi connectivity index (χ1) is 11.0. The van der Waals surface area contributed by atoms with Crippen LogP contribution in [0.15, 0.2) is 53.8 Å². The zero-order chi connectivity index (χ0) is 16.4. The third kappa shape index (κ3) is 3.08. The van der Waals surface area contributed by atoms with E-state index in [1.807, 2.05) is 6.07 Å². The summed E-state index contributed by atoms with van der Waals surface area (Å²) in [5.41, 5.74) is 1.06. The fourth-order valence-electron chi connectivity index (χ4n) is 2.07. The zero-order valence-corrected chi connectivity index (χ0v) is 13.1. The first kappa shape index (κ1) is 15.2. The van der Waals surface area contributed by atoms with Crippen LogP contribution < -0.4 is 4.72 Å². The Morgan fingerprint density at radius 2 is 2.04 bits per heavy atom. The molecule has 0 radical (unpaired) electrons. The second-order valence-electron chi connectivity index (χ2n) is 4.66. The number of nitriles is 1. The number of hydrogen-bond donors (Lipinski definition) is 1. The zero-order valence-electron chi connectivity index (χ0n) is 11.6. The van der Waals surface area contributed by atoms with Crippen molar-refractivity contribution in [2.24, 2.45) is 0 Å². The van der Waals surface area contributed by atoms with E-state index in [0.29, 0.717) is 21.5 Å². The lowest BCUT2D eigenvalue weighted by Gasteiger charge is -2.09. The maximum atomic E-state index is 12.3. The minimum atomic E-state index is -3.76. The Bertz CT molecular complexity index is 1030. The quantitative estimate of drug-likeness (QED) is 0.788. The molecule has 0 fully saturated rings. The van der Waals surface area contributed by atoms with Gasteiger partial charge in [-0.15, -0.1) is 0 Å². The Balaban J connectivity index is 2.04. The third-order valence-corrected chi connectivity index (χ3v) is 4.65. The Morgan fingerprint density at radius 3 is 2.74 bits per heavy atom. The predicted molar refractivity (Wildman–Crippen MR) is 86.5 cm³/mol. The van der Waals surface area contributed by atoms with Crippen LogP contribution in [0.2, 0.25) is 5.02 Å². The van der Waals surface area contributed by atoms with Crippen molar-refractivity contribution in [2.45, 2.75) is 4.90 Å². The molecule has 3 rings (SSSR count). The van der Waals surface area contributed by atoms with Gasteiger partial charge >= 0.3 is 0 Å². The number of hydrogen-bond acceptors (Lipinski definition) is 5. The van der Waals surface area contributed by atoms with E-state index in [4.69, 9.17) is 16.9 Å². The Hall–Kier alpha value is -2.69. The predicted octanol–water partition coefficient (Wildman–Crippen LogP) is 2.96. The molecule has 8 heteroatoms. The molecule has 0 amide bonds. The van der Waals surface area contributed by atoms with E-state index < -0.39 is 10.0 Å². The lowest BCUT2D eigenvalue weighted by molar-refractivity contribution is 0.601. The molecular weight excluding hydrogens is 336 g/mol. The summed E-state index contributed by atoms with van der Waals surface area (Å²) >= 11 is 5.96. The van der Waals surface area contributed by atoms with Gasteiger partial charge in [0, 0.05) is 22.8 Å². The Labute approximate surface area is 137 Å². The summed E-state index contributed by atoms with van der Waals surface area (Å²) in [6.07, 6.45) is 4.09. The number of nitrogens with zero attached hydrogens (tertiary/aromatic N) is 3. The van der Waals surface area contributed by atoms with Gasteiger partial charge in [-0.2, -0.15) is 5.26 Å². The van der Waals surface area contributed by atoms with Crippen LogP contribution in [0.4, 0.5) is 5.69 Å². The van der Waals surface area contributed by atoms with Crippen molar-refractivity contribution in [3.05, 3.63) is 59.5 Å². The number of aromatic nitrogens is 2. The summed E-state index contributed by atoms with van der Waals surface area (Å²) in [5.74, 6) is 0. The number of rotatable bonds is 3. The minimum absolute atomic E-state index is 0.0453.